The highest BCUT2D eigenvalue weighted by Gasteiger charge is 2.26. The Morgan fingerprint density at radius 2 is 2.13 bits per heavy atom. The summed E-state index contributed by atoms with van der Waals surface area (Å²) in [6.07, 6.45) is 2.74. The number of rotatable bonds is 4. The lowest BCUT2D eigenvalue weighted by molar-refractivity contribution is -0.146. The Bertz CT molecular complexity index is 685. The van der Waals surface area contributed by atoms with Crippen LogP contribution in [0, 0.1) is 0 Å². The number of carbonyl (C=O) groups is 3. The van der Waals surface area contributed by atoms with Gasteiger partial charge in [0.1, 0.15) is 0 Å². The third-order valence-electron chi connectivity index (χ3n) is 3.30. The molecule has 0 aromatic heterocycles. The number of benzene rings is 1. The van der Waals surface area contributed by atoms with Crippen molar-refractivity contribution in [2.75, 3.05) is 26.5 Å². The van der Waals surface area contributed by atoms with E-state index in [0.29, 0.717) is 18.0 Å². The summed E-state index contributed by atoms with van der Waals surface area (Å²) in [5.41, 5.74) is 0.733. The normalized spacial score (nSPS) is 15.8. The number of hydrogen-bond donors (Lipinski definition) is 1. The van der Waals surface area contributed by atoms with Crippen LogP contribution < -0.4 is 14.8 Å². The fourth-order valence-corrected chi connectivity index (χ4v) is 2.15. The molecule has 0 aliphatic carbocycles. The van der Waals surface area contributed by atoms with E-state index in [9.17, 15) is 14.4 Å². The van der Waals surface area contributed by atoms with E-state index in [1.165, 1.54) is 12.2 Å². The Labute approximate surface area is 131 Å². The monoisotopic (exact) mass is 318 g/mol. The second kappa shape index (κ2) is 6.39. The van der Waals surface area contributed by atoms with Gasteiger partial charge in [0.15, 0.2) is 18.1 Å². The van der Waals surface area contributed by atoms with E-state index in [2.05, 4.69) is 5.32 Å². The lowest BCUT2D eigenvalue weighted by atomic mass is 10.2. The standard InChI is InChI=1S/C15H14N2O6/c18-13(17-6-5-16-15(17)20)8-21-14(19)4-2-10-1-3-11-12(7-10)23-9-22-11/h1-4,7H,5-6,8-9H2,(H,16,20)/b4-2+. The number of ether oxygens (including phenoxy) is 3. The molecule has 23 heavy (non-hydrogen) atoms. The molecule has 1 saturated heterocycles. The quantitative estimate of drug-likeness (QED) is 0.642. The van der Waals surface area contributed by atoms with Crippen LogP contribution in [-0.2, 0) is 14.3 Å². The zero-order valence-corrected chi connectivity index (χ0v) is 12.1. The van der Waals surface area contributed by atoms with Crippen LogP contribution in [0.15, 0.2) is 24.3 Å². The van der Waals surface area contributed by atoms with Crippen molar-refractivity contribution in [2.24, 2.45) is 0 Å². The maximum atomic E-state index is 11.7. The molecule has 0 bridgehead atoms. The maximum absolute atomic E-state index is 11.7. The van der Waals surface area contributed by atoms with Gasteiger partial charge in [-0.1, -0.05) is 6.07 Å². The summed E-state index contributed by atoms with van der Waals surface area (Å²) in [7, 11) is 0. The highest BCUT2D eigenvalue weighted by molar-refractivity contribution is 5.97. The summed E-state index contributed by atoms with van der Waals surface area (Å²) in [6, 6.07) is 4.76. The number of hydrogen-bond acceptors (Lipinski definition) is 6. The minimum Gasteiger partial charge on any atom is -0.454 e. The highest BCUT2D eigenvalue weighted by atomic mass is 16.7. The van der Waals surface area contributed by atoms with Crippen molar-refractivity contribution >= 4 is 24.0 Å². The average Bonchev–Trinajstić information content (AvgIpc) is 3.18. The minimum absolute atomic E-state index is 0.177. The molecule has 1 N–H and O–H groups in total. The molecule has 2 aliphatic rings. The van der Waals surface area contributed by atoms with E-state index in [4.69, 9.17) is 14.2 Å². The van der Waals surface area contributed by atoms with Crippen LogP contribution in [0.25, 0.3) is 6.08 Å². The summed E-state index contributed by atoms with van der Waals surface area (Å²) in [6.45, 7) is 0.388. The highest BCUT2D eigenvalue weighted by Crippen LogP contribution is 2.32. The Kier molecular flexibility index (Phi) is 4.13. The first-order valence-corrected chi connectivity index (χ1v) is 6.96. The molecule has 0 radical (unpaired) electrons. The number of carbonyl (C=O) groups excluding carboxylic acids is 3. The van der Waals surface area contributed by atoms with Gasteiger partial charge < -0.3 is 19.5 Å². The number of urea groups is 1. The molecule has 0 spiro atoms. The maximum Gasteiger partial charge on any atom is 0.331 e. The lowest BCUT2D eigenvalue weighted by Crippen LogP contribution is -2.37. The van der Waals surface area contributed by atoms with Crippen LogP contribution in [0.5, 0.6) is 11.5 Å². The molecule has 3 amide bonds. The first-order valence-electron chi connectivity index (χ1n) is 6.96. The van der Waals surface area contributed by atoms with Gasteiger partial charge >= 0.3 is 12.0 Å². The summed E-state index contributed by atoms with van der Waals surface area (Å²) in [4.78, 5) is 35.6. The van der Waals surface area contributed by atoms with Crippen molar-refractivity contribution in [1.82, 2.24) is 10.2 Å². The number of amides is 3. The molecule has 3 rings (SSSR count). The zero-order chi connectivity index (χ0) is 16.2. The average molecular weight is 318 g/mol. The van der Waals surface area contributed by atoms with Crippen LogP contribution in [0.3, 0.4) is 0 Å². The molecule has 1 aromatic carbocycles. The number of nitrogens with one attached hydrogen (secondary N) is 1. The van der Waals surface area contributed by atoms with Gasteiger partial charge in [0, 0.05) is 19.2 Å². The van der Waals surface area contributed by atoms with Crippen molar-refractivity contribution in [1.29, 1.82) is 0 Å². The molecule has 8 nitrogen and oxygen atoms in total. The molecule has 0 saturated carbocycles. The van der Waals surface area contributed by atoms with E-state index < -0.39 is 24.5 Å². The van der Waals surface area contributed by atoms with Crippen molar-refractivity contribution in [3.63, 3.8) is 0 Å². The van der Waals surface area contributed by atoms with E-state index in [1.807, 2.05) is 0 Å². The second-order valence-electron chi connectivity index (χ2n) is 4.83. The third kappa shape index (κ3) is 3.42. The van der Waals surface area contributed by atoms with Crippen LogP contribution in [0.1, 0.15) is 5.56 Å². The molecule has 1 aromatic rings. The molecule has 2 aliphatic heterocycles. The van der Waals surface area contributed by atoms with E-state index in [-0.39, 0.29) is 13.3 Å². The van der Waals surface area contributed by atoms with E-state index in [0.717, 1.165) is 10.5 Å². The van der Waals surface area contributed by atoms with Crippen molar-refractivity contribution < 1.29 is 28.6 Å². The Balaban J connectivity index is 1.51. The molecular weight excluding hydrogens is 304 g/mol. The van der Waals surface area contributed by atoms with Gasteiger partial charge in [-0.2, -0.15) is 0 Å². The molecule has 2 heterocycles. The van der Waals surface area contributed by atoms with E-state index in [1.54, 1.807) is 18.2 Å². The number of fused-ring (bicyclic) bond motifs is 1. The summed E-state index contributed by atoms with van der Waals surface area (Å²) < 4.78 is 15.2. The summed E-state index contributed by atoms with van der Waals surface area (Å²) in [5, 5.41) is 2.49. The minimum atomic E-state index is -0.671. The fraction of sp³-hybridized carbons (Fsp3) is 0.267. The first kappa shape index (κ1) is 14.9. The van der Waals surface area contributed by atoms with Crippen molar-refractivity contribution in [3.8, 4) is 11.5 Å². The van der Waals surface area contributed by atoms with Crippen molar-refractivity contribution in [2.45, 2.75) is 0 Å². The Hall–Kier alpha value is -3.03. The van der Waals surface area contributed by atoms with Gasteiger partial charge in [-0.25, -0.2) is 9.59 Å². The summed E-state index contributed by atoms with van der Waals surface area (Å²) >= 11 is 0. The fourth-order valence-electron chi connectivity index (χ4n) is 2.15. The molecule has 0 atom stereocenters. The predicted molar refractivity (Wildman–Crippen MR) is 77.7 cm³/mol. The molecular formula is C15H14N2O6. The van der Waals surface area contributed by atoms with Crippen LogP contribution in [0.4, 0.5) is 4.79 Å². The Morgan fingerprint density at radius 1 is 1.30 bits per heavy atom. The van der Waals surface area contributed by atoms with Crippen LogP contribution in [0.2, 0.25) is 0 Å². The number of nitrogens with zero attached hydrogens (tertiary/aromatic N) is 1. The first-order chi connectivity index (χ1) is 11.1. The summed E-state index contributed by atoms with van der Waals surface area (Å²) in [5.74, 6) is 0.0374. The SMILES string of the molecule is O=C(/C=C/c1ccc2c(c1)OCO2)OCC(=O)N1CCNC1=O. The lowest BCUT2D eigenvalue weighted by Gasteiger charge is -2.11. The largest absolute Gasteiger partial charge is 0.454 e. The number of imide groups is 1. The van der Waals surface area contributed by atoms with Gasteiger partial charge in [-0.05, 0) is 23.8 Å². The third-order valence-corrected chi connectivity index (χ3v) is 3.30. The topological polar surface area (TPSA) is 94.2 Å². The predicted octanol–water partition coefficient (Wildman–Crippen LogP) is 0.524. The van der Waals surface area contributed by atoms with Gasteiger partial charge in [0.25, 0.3) is 5.91 Å². The molecule has 0 unspecified atom stereocenters. The van der Waals surface area contributed by atoms with Gasteiger partial charge in [-0.15, -0.1) is 0 Å². The van der Waals surface area contributed by atoms with Crippen molar-refractivity contribution in [3.05, 3.63) is 29.8 Å². The smallest absolute Gasteiger partial charge is 0.331 e. The van der Waals surface area contributed by atoms with E-state index >= 15 is 0 Å². The van der Waals surface area contributed by atoms with Crippen LogP contribution >= 0.6 is 0 Å². The van der Waals surface area contributed by atoms with Gasteiger partial charge in [0.2, 0.25) is 6.79 Å². The molecule has 120 valence electrons. The zero-order valence-electron chi connectivity index (χ0n) is 12.1. The van der Waals surface area contributed by atoms with Gasteiger partial charge in [0.05, 0.1) is 0 Å². The van der Waals surface area contributed by atoms with Gasteiger partial charge in [-0.3, -0.25) is 9.69 Å². The second-order valence-corrected chi connectivity index (χ2v) is 4.83. The number of esters is 1. The molecule has 8 heteroatoms. The Morgan fingerprint density at radius 3 is 2.91 bits per heavy atom. The van der Waals surface area contributed by atoms with Crippen LogP contribution in [-0.4, -0.2) is 49.3 Å². The molecule has 1 fully saturated rings.